The summed E-state index contributed by atoms with van der Waals surface area (Å²) < 4.78 is -0.821. The second-order valence-electron chi connectivity index (χ2n) is 7.04. The number of nitrogens with one attached hydrogen (secondary N) is 4. The van der Waals surface area contributed by atoms with Crippen molar-refractivity contribution in [1.29, 1.82) is 5.41 Å². The summed E-state index contributed by atoms with van der Waals surface area (Å²) in [7, 11) is 1.38. The third-order valence-corrected chi connectivity index (χ3v) is 5.39. The van der Waals surface area contributed by atoms with Crippen molar-refractivity contribution in [3.8, 4) is 0 Å². The second kappa shape index (κ2) is 12.1. The Kier molecular flexibility index (Phi) is 11.1. The fourth-order valence-electron chi connectivity index (χ4n) is 2.50. The van der Waals surface area contributed by atoms with Crippen LogP contribution < -0.4 is 21.7 Å². The predicted molar refractivity (Wildman–Crippen MR) is 111 cm³/mol. The van der Waals surface area contributed by atoms with Crippen LogP contribution in [0.25, 0.3) is 0 Å². The normalized spacial score (nSPS) is 13.0. The summed E-state index contributed by atoms with van der Waals surface area (Å²) in [6.07, 6.45) is 0.518. The molecule has 0 heterocycles. The van der Waals surface area contributed by atoms with Gasteiger partial charge in [0.25, 0.3) is 0 Å². The summed E-state index contributed by atoms with van der Waals surface area (Å²) >= 11 is 1.26. The molecule has 166 valence electrons. The highest BCUT2D eigenvalue weighted by Gasteiger charge is 2.40. The Balaban J connectivity index is 5.34. The molecule has 0 aliphatic rings. The maximum Gasteiger partial charge on any atom is 0.326 e. The highest BCUT2D eigenvalue weighted by molar-refractivity contribution is 8.00. The minimum atomic E-state index is -1.17. The van der Waals surface area contributed by atoms with Crippen LogP contribution in [0, 0.1) is 5.41 Å². The zero-order valence-corrected chi connectivity index (χ0v) is 18.3. The molecule has 0 aromatic rings. The molecule has 0 rings (SSSR count). The first-order chi connectivity index (χ1) is 13.3. The first-order valence-corrected chi connectivity index (χ1v) is 10.0. The van der Waals surface area contributed by atoms with E-state index in [1.165, 1.54) is 32.7 Å². The molecule has 0 aliphatic heterocycles. The van der Waals surface area contributed by atoms with Crippen molar-refractivity contribution in [2.24, 2.45) is 5.73 Å². The Morgan fingerprint density at radius 3 is 2.21 bits per heavy atom. The van der Waals surface area contributed by atoms with Crippen molar-refractivity contribution in [3.63, 3.8) is 0 Å². The number of aliphatic carboxylic acids is 1. The Labute approximate surface area is 175 Å². The van der Waals surface area contributed by atoms with Gasteiger partial charge in [-0.25, -0.2) is 4.79 Å². The van der Waals surface area contributed by atoms with Gasteiger partial charge in [-0.2, -0.15) is 0 Å². The van der Waals surface area contributed by atoms with Crippen molar-refractivity contribution >= 4 is 41.4 Å². The zero-order valence-electron chi connectivity index (χ0n) is 17.5. The first-order valence-electron chi connectivity index (χ1n) is 9.02. The molecule has 0 aromatic heterocycles. The van der Waals surface area contributed by atoms with Crippen LogP contribution in [0.1, 0.15) is 40.5 Å². The Hall–Kier alpha value is -2.50. The van der Waals surface area contributed by atoms with Crippen LogP contribution in [0.2, 0.25) is 0 Å². The van der Waals surface area contributed by atoms with E-state index in [9.17, 15) is 24.3 Å². The molecule has 0 saturated carbocycles. The molecule has 7 N–H and O–H groups in total. The number of nitrogens with two attached hydrogens (primary N) is 1. The molecular formula is C17H32N6O5S. The number of carboxylic acid groups (broad SMARTS) is 1. The quantitative estimate of drug-likeness (QED) is 0.101. The summed E-state index contributed by atoms with van der Waals surface area (Å²) in [5.41, 5.74) is 5.19. The fourth-order valence-corrected chi connectivity index (χ4v) is 3.48. The smallest absolute Gasteiger partial charge is 0.326 e. The van der Waals surface area contributed by atoms with E-state index in [0.717, 1.165) is 4.90 Å². The highest BCUT2D eigenvalue weighted by atomic mass is 32.2. The molecule has 0 unspecified atom stereocenters. The second-order valence-corrected chi connectivity index (χ2v) is 8.67. The molecule has 0 fully saturated rings. The fraction of sp³-hybridized carbons (Fsp3) is 0.706. The molecule has 0 radical (unpaired) electrons. The molecule has 0 bridgehead atoms. The first kappa shape index (κ1) is 26.5. The van der Waals surface area contributed by atoms with Crippen LogP contribution in [0.3, 0.4) is 0 Å². The Morgan fingerprint density at radius 2 is 1.76 bits per heavy atom. The predicted octanol–water partition coefficient (Wildman–Crippen LogP) is -0.729. The summed E-state index contributed by atoms with van der Waals surface area (Å²) in [6, 6.07) is -2.11. The standard InChI is InChI=1S/C17H32N6O5S/c1-10(24)21-9-29-17(3,4)13(22-11(2)25)14(26)23(5)12(15(27)28)7-6-8-20-16(18)19/h12-13H,6-9H2,1-5H3,(H,21,24)(H,22,25)(H,27,28)(H4,18,19,20)/t12-,13+/m0/s1. The molecule has 2 atom stereocenters. The van der Waals surface area contributed by atoms with Gasteiger partial charge in [0.2, 0.25) is 17.7 Å². The van der Waals surface area contributed by atoms with Crippen LogP contribution in [0.5, 0.6) is 0 Å². The van der Waals surface area contributed by atoms with Crippen molar-refractivity contribution in [3.05, 3.63) is 0 Å². The molecule has 0 aliphatic carbocycles. The average Bonchev–Trinajstić information content (AvgIpc) is 2.57. The number of thioether (sulfide) groups is 1. The van der Waals surface area contributed by atoms with Crippen molar-refractivity contribution in [1.82, 2.24) is 20.9 Å². The van der Waals surface area contributed by atoms with Crippen LogP contribution in [0.4, 0.5) is 0 Å². The average molecular weight is 433 g/mol. The van der Waals surface area contributed by atoms with Crippen molar-refractivity contribution < 1.29 is 24.3 Å². The summed E-state index contributed by atoms with van der Waals surface area (Å²) in [6.45, 7) is 6.41. The third kappa shape index (κ3) is 10.0. The van der Waals surface area contributed by atoms with Gasteiger partial charge < -0.3 is 31.7 Å². The number of likely N-dealkylation sites (N-methyl/N-ethyl adjacent to an activating group) is 1. The molecule has 0 spiro atoms. The van der Waals surface area contributed by atoms with E-state index in [1.807, 2.05) is 0 Å². The number of amides is 3. The van der Waals surface area contributed by atoms with Gasteiger partial charge >= 0.3 is 5.97 Å². The minimum Gasteiger partial charge on any atom is -0.480 e. The van der Waals surface area contributed by atoms with Gasteiger partial charge in [0.05, 0.1) is 5.88 Å². The molecule has 0 saturated heterocycles. The van der Waals surface area contributed by atoms with E-state index in [0.29, 0.717) is 13.0 Å². The van der Waals surface area contributed by atoms with Gasteiger partial charge in [-0.3, -0.25) is 19.8 Å². The lowest BCUT2D eigenvalue weighted by Crippen LogP contribution is -2.59. The summed E-state index contributed by atoms with van der Waals surface area (Å²) in [4.78, 5) is 48.6. The van der Waals surface area contributed by atoms with Gasteiger partial charge in [-0.05, 0) is 26.7 Å². The number of carboxylic acids is 1. The van der Waals surface area contributed by atoms with Crippen LogP contribution in [0.15, 0.2) is 0 Å². The van der Waals surface area contributed by atoms with Crippen molar-refractivity contribution in [2.75, 3.05) is 19.5 Å². The van der Waals surface area contributed by atoms with Crippen LogP contribution in [-0.2, 0) is 19.2 Å². The van der Waals surface area contributed by atoms with Gasteiger partial charge in [-0.1, -0.05) is 0 Å². The minimum absolute atomic E-state index is 0.143. The maximum absolute atomic E-state index is 13.1. The lowest BCUT2D eigenvalue weighted by molar-refractivity contribution is -0.150. The molecular weight excluding hydrogens is 400 g/mol. The SMILES string of the molecule is CC(=O)NCSC(C)(C)[C@H](NC(C)=O)C(=O)N(C)[C@@H](CCCNC(=N)N)C(=O)O. The summed E-state index contributed by atoms with van der Waals surface area (Å²) in [5.74, 6) is -2.36. The van der Waals surface area contributed by atoms with Crippen LogP contribution in [-0.4, -0.2) is 76.0 Å². The Morgan fingerprint density at radius 1 is 1.17 bits per heavy atom. The van der Waals surface area contributed by atoms with Gasteiger partial charge in [-0.15, -0.1) is 11.8 Å². The Bertz CT molecular complexity index is 627. The van der Waals surface area contributed by atoms with E-state index in [2.05, 4.69) is 16.0 Å². The zero-order chi connectivity index (χ0) is 22.8. The highest BCUT2D eigenvalue weighted by Crippen LogP contribution is 2.29. The van der Waals surface area contributed by atoms with Gasteiger partial charge in [0.1, 0.15) is 12.1 Å². The number of nitrogens with zero attached hydrogens (tertiary/aromatic N) is 1. The number of hydrogen-bond acceptors (Lipinski definition) is 6. The van der Waals surface area contributed by atoms with Crippen LogP contribution >= 0.6 is 11.8 Å². The van der Waals surface area contributed by atoms with E-state index < -0.39 is 34.6 Å². The van der Waals surface area contributed by atoms with Gasteiger partial charge in [0.15, 0.2) is 5.96 Å². The topological polar surface area (TPSA) is 178 Å². The van der Waals surface area contributed by atoms with E-state index in [4.69, 9.17) is 11.1 Å². The lowest BCUT2D eigenvalue weighted by Gasteiger charge is -2.37. The third-order valence-electron chi connectivity index (χ3n) is 4.13. The molecule has 0 aromatic carbocycles. The number of guanidine groups is 1. The molecule has 29 heavy (non-hydrogen) atoms. The largest absolute Gasteiger partial charge is 0.480 e. The number of hydrogen-bond donors (Lipinski definition) is 6. The van der Waals surface area contributed by atoms with Crippen molar-refractivity contribution in [2.45, 2.75) is 57.4 Å². The lowest BCUT2D eigenvalue weighted by atomic mass is 10.00. The number of carbonyl (C=O) groups excluding carboxylic acids is 3. The molecule has 12 heteroatoms. The van der Waals surface area contributed by atoms with E-state index in [-0.39, 0.29) is 24.2 Å². The molecule has 11 nitrogen and oxygen atoms in total. The summed E-state index contributed by atoms with van der Waals surface area (Å²) in [5, 5.41) is 24.5. The monoisotopic (exact) mass is 432 g/mol. The number of rotatable bonds is 12. The van der Waals surface area contributed by atoms with Gasteiger partial charge in [0, 0.05) is 32.2 Å². The van der Waals surface area contributed by atoms with E-state index >= 15 is 0 Å². The number of carbonyl (C=O) groups is 4. The molecule has 3 amide bonds. The maximum atomic E-state index is 13.1. The van der Waals surface area contributed by atoms with E-state index in [1.54, 1.807) is 13.8 Å².